The lowest BCUT2D eigenvalue weighted by atomic mass is 9.92. The Hall–Kier alpha value is -2.11. The van der Waals surface area contributed by atoms with E-state index in [1.54, 1.807) is 4.90 Å². The first kappa shape index (κ1) is 18.3. The van der Waals surface area contributed by atoms with Gasteiger partial charge in [-0.3, -0.25) is 4.79 Å². The fraction of sp³-hybridized carbons (Fsp3) is 0.409. The number of thiophene rings is 1. The highest BCUT2D eigenvalue weighted by atomic mass is 32.1. The van der Waals surface area contributed by atoms with E-state index < -0.39 is 0 Å². The number of hydrogen-bond acceptors (Lipinski definition) is 3. The molecular weight excluding hydrogens is 356 g/mol. The minimum atomic E-state index is -0.0208. The fourth-order valence-corrected chi connectivity index (χ4v) is 5.34. The first-order valence-corrected chi connectivity index (χ1v) is 10.7. The molecule has 0 spiro atoms. The first-order chi connectivity index (χ1) is 13.2. The van der Waals surface area contributed by atoms with E-state index in [9.17, 15) is 4.79 Å². The molecule has 142 valence electrons. The average Bonchev–Trinajstić information content (AvgIpc) is 3.32. The maximum absolute atomic E-state index is 12.1. The molecule has 1 aromatic carbocycles. The Labute approximate surface area is 164 Å². The van der Waals surface area contributed by atoms with Crippen molar-refractivity contribution in [3.8, 4) is 0 Å². The van der Waals surface area contributed by atoms with E-state index in [1.807, 2.05) is 18.3 Å². The van der Waals surface area contributed by atoms with Gasteiger partial charge >= 0.3 is 5.97 Å². The van der Waals surface area contributed by atoms with E-state index in [0.29, 0.717) is 12.6 Å². The van der Waals surface area contributed by atoms with Crippen molar-refractivity contribution in [2.24, 2.45) is 5.92 Å². The number of fused-ring (bicyclic) bond motifs is 1. The lowest BCUT2D eigenvalue weighted by Crippen LogP contribution is -3.13. The van der Waals surface area contributed by atoms with E-state index >= 15 is 0 Å². The zero-order valence-corrected chi connectivity index (χ0v) is 16.8. The van der Waals surface area contributed by atoms with Crippen LogP contribution in [0.1, 0.15) is 41.9 Å². The number of likely N-dealkylation sites (tertiary alicyclic amines) is 1. The lowest BCUT2D eigenvalue weighted by Gasteiger charge is -2.34. The number of ether oxygens (including phenoxy) is 1. The van der Waals surface area contributed by atoms with Crippen LogP contribution in [-0.2, 0) is 9.53 Å². The first-order valence-electron chi connectivity index (χ1n) is 9.80. The number of aromatic amines is 1. The molecule has 1 fully saturated rings. The van der Waals surface area contributed by atoms with Gasteiger partial charge in [0.1, 0.15) is 0 Å². The highest BCUT2D eigenvalue weighted by molar-refractivity contribution is 7.10. The van der Waals surface area contributed by atoms with Gasteiger partial charge in [-0.25, -0.2) is 0 Å². The van der Waals surface area contributed by atoms with Crippen LogP contribution in [0.3, 0.4) is 0 Å². The maximum atomic E-state index is 12.1. The molecule has 0 amide bonds. The predicted octanol–water partition coefficient (Wildman–Crippen LogP) is 3.49. The number of esters is 1. The van der Waals surface area contributed by atoms with Crippen molar-refractivity contribution in [3.63, 3.8) is 0 Å². The van der Waals surface area contributed by atoms with Crippen LogP contribution in [0, 0.1) is 12.8 Å². The second-order valence-electron chi connectivity index (χ2n) is 7.34. The topological polar surface area (TPSA) is 46.5 Å². The standard InChI is InChI=1S/C22H26N2O2S/c1-3-26-22(25)16-10-12-24(13-11-16)21(19-9-6-14-27-19)20-15(2)23-18-8-5-4-7-17(18)20/h4-9,14,16,21,23H,3,10-13H2,1-2H3/p+1/t21-/m1/s1. The molecule has 0 aliphatic carbocycles. The van der Waals surface area contributed by atoms with Crippen LogP contribution in [-0.4, -0.2) is 30.6 Å². The molecule has 0 saturated carbocycles. The van der Waals surface area contributed by atoms with Crippen LogP contribution in [0.5, 0.6) is 0 Å². The Balaban J connectivity index is 1.66. The lowest BCUT2D eigenvalue weighted by molar-refractivity contribution is -0.930. The molecule has 4 nitrogen and oxygen atoms in total. The van der Waals surface area contributed by atoms with Crippen molar-refractivity contribution in [2.75, 3.05) is 19.7 Å². The summed E-state index contributed by atoms with van der Waals surface area (Å²) in [6.07, 6.45) is 1.80. The maximum Gasteiger partial charge on any atom is 0.309 e. The summed E-state index contributed by atoms with van der Waals surface area (Å²) in [4.78, 5) is 18.6. The number of carbonyl (C=O) groups is 1. The predicted molar refractivity (Wildman–Crippen MR) is 109 cm³/mol. The Kier molecular flexibility index (Phi) is 5.32. The van der Waals surface area contributed by atoms with Crippen LogP contribution < -0.4 is 4.90 Å². The van der Waals surface area contributed by atoms with Gasteiger partial charge in [0.2, 0.25) is 0 Å². The Bertz CT molecular complexity index is 908. The van der Waals surface area contributed by atoms with Gasteiger partial charge < -0.3 is 14.6 Å². The van der Waals surface area contributed by atoms with E-state index in [2.05, 4.69) is 53.7 Å². The van der Waals surface area contributed by atoms with Gasteiger partial charge in [-0.2, -0.15) is 0 Å². The van der Waals surface area contributed by atoms with Gasteiger partial charge in [0, 0.05) is 35.0 Å². The number of hydrogen-bond donors (Lipinski definition) is 2. The summed E-state index contributed by atoms with van der Waals surface area (Å²) >= 11 is 1.83. The van der Waals surface area contributed by atoms with Gasteiger partial charge in [0.25, 0.3) is 0 Å². The summed E-state index contributed by atoms with van der Waals surface area (Å²) in [7, 11) is 0. The number of rotatable bonds is 5. The van der Waals surface area contributed by atoms with Crippen LogP contribution >= 0.6 is 11.3 Å². The zero-order chi connectivity index (χ0) is 18.8. The van der Waals surface area contributed by atoms with E-state index in [4.69, 9.17) is 4.74 Å². The normalized spacial score (nSPS) is 21.3. The van der Waals surface area contributed by atoms with Crippen LogP contribution in [0.15, 0.2) is 41.8 Å². The molecule has 2 N–H and O–H groups in total. The monoisotopic (exact) mass is 383 g/mol. The molecule has 4 rings (SSSR count). The molecule has 0 radical (unpaired) electrons. The highest BCUT2D eigenvalue weighted by Gasteiger charge is 2.36. The van der Waals surface area contributed by atoms with E-state index in [0.717, 1.165) is 25.9 Å². The van der Waals surface area contributed by atoms with Gasteiger partial charge in [-0.1, -0.05) is 24.3 Å². The summed E-state index contributed by atoms with van der Waals surface area (Å²) in [5.41, 5.74) is 3.85. The number of H-pyrrole nitrogens is 1. The minimum absolute atomic E-state index is 0.0208. The molecule has 1 aliphatic rings. The summed E-state index contributed by atoms with van der Waals surface area (Å²) in [6, 6.07) is 13.3. The SMILES string of the molecule is CCOC(=O)C1CC[NH+]([C@H](c2cccs2)c2c(C)[nH]c3ccccc23)CC1. The van der Waals surface area contributed by atoms with E-state index in [-0.39, 0.29) is 11.9 Å². The number of para-hydroxylation sites is 1. The third-order valence-electron chi connectivity index (χ3n) is 5.72. The number of piperidine rings is 1. The summed E-state index contributed by atoms with van der Waals surface area (Å²) in [5.74, 6) is 0.0363. The fourth-order valence-electron chi connectivity index (χ4n) is 4.45. The number of nitrogens with one attached hydrogen (secondary N) is 2. The van der Waals surface area contributed by atoms with Gasteiger partial charge in [0.15, 0.2) is 6.04 Å². The summed E-state index contributed by atoms with van der Waals surface area (Å²) < 4.78 is 5.25. The Morgan fingerprint density at radius 1 is 1.26 bits per heavy atom. The van der Waals surface area contributed by atoms with Crippen molar-refractivity contribution in [3.05, 3.63) is 57.9 Å². The molecule has 0 unspecified atom stereocenters. The van der Waals surface area contributed by atoms with Crippen molar-refractivity contribution in [1.29, 1.82) is 0 Å². The van der Waals surface area contributed by atoms with Crippen molar-refractivity contribution >= 4 is 28.2 Å². The second kappa shape index (κ2) is 7.87. The molecule has 1 aliphatic heterocycles. The van der Waals surface area contributed by atoms with Crippen LogP contribution in [0.25, 0.3) is 10.9 Å². The van der Waals surface area contributed by atoms with Crippen molar-refractivity contribution in [1.82, 2.24) is 4.98 Å². The third-order valence-corrected chi connectivity index (χ3v) is 6.65. The number of quaternary nitrogens is 1. The number of aryl methyl sites for hydroxylation is 1. The molecule has 5 heteroatoms. The van der Waals surface area contributed by atoms with Crippen molar-refractivity contribution < 1.29 is 14.4 Å². The number of aromatic nitrogens is 1. The zero-order valence-electron chi connectivity index (χ0n) is 16.0. The molecular formula is C22H27N2O2S+. The molecule has 3 aromatic rings. The summed E-state index contributed by atoms with van der Waals surface area (Å²) in [5, 5.41) is 3.48. The van der Waals surface area contributed by atoms with Gasteiger partial charge in [-0.15, -0.1) is 11.3 Å². The van der Waals surface area contributed by atoms with E-state index in [1.165, 1.54) is 27.0 Å². The van der Waals surface area contributed by atoms with Gasteiger partial charge in [-0.05, 0) is 31.4 Å². The van der Waals surface area contributed by atoms with Crippen molar-refractivity contribution in [2.45, 2.75) is 32.7 Å². The molecule has 1 atom stereocenters. The molecule has 0 bridgehead atoms. The van der Waals surface area contributed by atoms with Crippen LogP contribution in [0.2, 0.25) is 0 Å². The number of carbonyl (C=O) groups excluding carboxylic acids is 1. The summed E-state index contributed by atoms with van der Waals surface area (Å²) in [6.45, 7) is 6.51. The quantitative estimate of drug-likeness (QED) is 0.663. The molecule has 3 heterocycles. The number of benzene rings is 1. The Morgan fingerprint density at radius 3 is 2.74 bits per heavy atom. The average molecular weight is 384 g/mol. The van der Waals surface area contributed by atoms with Gasteiger partial charge in [0.05, 0.1) is 30.5 Å². The third kappa shape index (κ3) is 3.54. The minimum Gasteiger partial charge on any atom is -0.466 e. The smallest absolute Gasteiger partial charge is 0.309 e. The highest BCUT2D eigenvalue weighted by Crippen LogP contribution is 2.32. The molecule has 27 heavy (non-hydrogen) atoms. The second-order valence-corrected chi connectivity index (χ2v) is 8.32. The molecule has 2 aromatic heterocycles. The Morgan fingerprint density at radius 2 is 2.04 bits per heavy atom. The van der Waals surface area contributed by atoms with Crippen LogP contribution in [0.4, 0.5) is 0 Å². The molecule has 1 saturated heterocycles. The largest absolute Gasteiger partial charge is 0.466 e.